The van der Waals surface area contributed by atoms with Gasteiger partial charge >= 0.3 is 0 Å². The van der Waals surface area contributed by atoms with Gasteiger partial charge in [-0.05, 0) is 32.0 Å². The molecule has 4 nitrogen and oxygen atoms in total. The van der Waals surface area contributed by atoms with E-state index in [0.717, 1.165) is 31.0 Å². The highest BCUT2D eigenvalue weighted by Crippen LogP contribution is 2.27. The highest BCUT2D eigenvalue weighted by atomic mass is 19.1. The molecule has 1 fully saturated rings. The van der Waals surface area contributed by atoms with E-state index in [1.54, 1.807) is 6.07 Å². The summed E-state index contributed by atoms with van der Waals surface area (Å²) in [5.41, 5.74) is 1.66. The molecule has 0 radical (unpaired) electrons. The van der Waals surface area contributed by atoms with Crippen molar-refractivity contribution in [3.05, 3.63) is 53.4 Å². The van der Waals surface area contributed by atoms with Gasteiger partial charge in [-0.25, -0.2) is 14.4 Å². The number of aryl methyl sites for hydroxylation is 1. The van der Waals surface area contributed by atoms with Crippen LogP contribution in [0.25, 0.3) is 0 Å². The summed E-state index contributed by atoms with van der Waals surface area (Å²) in [5.74, 6) is 1.26. The molecule has 1 saturated heterocycles. The number of methoxy groups -OCH3 is 1. The third-order valence-electron chi connectivity index (χ3n) is 4.11. The summed E-state index contributed by atoms with van der Waals surface area (Å²) < 4.78 is 19.3. The molecule has 0 bridgehead atoms. The minimum atomic E-state index is -0.264. The van der Waals surface area contributed by atoms with Gasteiger partial charge in [0.2, 0.25) is 0 Å². The molecular formula is C17H20FN3O. The summed E-state index contributed by atoms with van der Waals surface area (Å²) in [7, 11) is 1.49. The number of nitrogens with zero attached hydrogens (tertiary/aromatic N) is 3. The Bertz CT molecular complexity index is 662. The summed E-state index contributed by atoms with van der Waals surface area (Å²) in [6.07, 6.45) is 2.82. The minimum Gasteiger partial charge on any atom is -0.494 e. The Morgan fingerprint density at radius 1 is 1.36 bits per heavy atom. The number of likely N-dealkylation sites (tertiary alicyclic amines) is 1. The summed E-state index contributed by atoms with van der Waals surface area (Å²) in [6, 6.07) is 7.19. The van der Waals surface area contributed by atoms with Crippen molar-refractivity contribution in [1.29, 1.82) is 0 Å². The number of ether oxygens (including phenoxy) is 1. The lowest BCUT2D eigenvalue weighted by Crippen LogP contribution is -2.21. The van der Waals surface area contributed by atoms with Gasteiger partial charge in [0.05, 0.1) is 7.11 Å². The topological polar surface area (TPSA) is 38.2 Å². The molecule has 116 valence electrons. The van der Waals surface area contributed by atoms with Gasteiger partial charge in [-0.3, -0.25) is 4.90 Å². The lowest BCUT2D eigenvalue weighted by Gasteiger charge is -2.17. The fraction of sp³-hybridized carbons (Fsp3) is 0.412. The Labute approximate surface area is 130 Å². The van der Waals surface area contributed by atoms with Crippen LogP contribution in [0.3, 0.4) is 0 Å². The minimum absolute atomic E-state index is 0.264. The van der Waals surface area contributed by atoms with Crippen LogP contribution in [0, 0.1) is 12.7 Å². The molecule has 2 aromatic rings. The normalized spacial score (nSPS) is 18.6. The molecule has 1 aliphatic rings. The molecule has 1 atom stereocenters. The predicted octanol–water partition coefficient (Wildman–Crippen LogP) is 2.92. The molecule has 1 aromatic carbocycles. The summed E-state index contributed by atoms with van der Waals surface area (Å²) in [4.78, 5) is 11.1. The number of aromatic nitrogens is 2. The molecule has 5 heteroatoms. The highest BCUT2D eigenvalue weighted by molar-refractivity contribution is 5.31. The van der Waals surface area contributed by atoms with Gasteiger partial charge < -0.3 is 4.74 Å². The van der Waals surface area contributed by atoms with Crippen LogP contribution in [-0.4, -0.2) is 35.1 Å². The van der Waals surface area contributed by atoms with Crippen LogP contribution in [0.5, 0.6) is 5.75 Å². The summed E-state index contributed by atoms with van der Waals surface area (Å²) >= 11 is 0. The molecule has 0 N–H and O–H groups in total. The number of hydrogen-bond donors (Lipinski definition) is 0. The Morgan fingerprint density at radius 2 is 2.23 bits per heavy atom. The lowest BCUT2D eigenvalue weighted by atomic mass is 10.1. The van der Waals surface area contributed by atoms with Crippen molar-refractivity contribution in [3.63, 3.8) is 0 Å². The molecule has 1 aliphatic heterocycles. The van der Waals surface area contributed by atoms with Crippen LogP contribution in [0.15, 0.2) is 30.5 Å². The second kappa shape index (κ2) is 6.40. The standard InChI is InChI=1S/C17H20FN3O/c1-12-6-8-19-17(20-12)14-7-9-21(11-14)10-13-4-3-5-15(22-2)16(13)18/h3-6,8,14H,7,9-11H2,1-2H3. The Hall–Kier alpha value is -2.01. The lowest BCUT2D eigenvalue weighted by molar-refractivity contribution is 0.315. The van der Waals surface area contributed by atoms with Crippen molar-refractivity contribution in [2.75, 3.05) is 20.2 Å². The average Bonchev–Trinajstić information content (AvgIpc) is 2.98. The fourth-order valence-electron chi connectivity index (χ4n) is 2.93. The molecule has 1 aromatic heterocycles. The van der Waals surface area contributed by atoms with E-state index in [4.69, 9.17) is 4.74 Å². The van der Waals surface area contributed by atoms with Crippen molar-refractivity contribution < 1.29 is 9.13 Å². The number of rotatable bonds is 4. The molecular weight excluding hydrogens is 281 g/mol. The smallest absolute Gasteiger partial charge is 0.169 e. The molecule has 1 unspecified atom stereocenters. The van der Waals surface area contributed by atoms with Crippen LogP contribution < -0.4 is 4.74 Å². The van der Waals surface area contributed by atoms with Gasteiger partial charge in [0, 0.05) is 36.5 Å². The quantitative estimate of drug-likeness (QED) is 0.870. The van der Waals surface area contributed by atoms with E-state index in [0.29, 0.717) is 23.8 Å². The van der Waals surface area contributed by atoms with Crippen LogP contribution in [-0.2, 0) is 6.54 Å². The van der Waals surface area contributed by atoms with Gasteiger partial charge in [-0.15, -0.1) is 0 Å². The number of hydrogen-bond acceptors (Lipinski definition) is 4. The van der Waals surface area contributed by atoms with Crippen LogP contribution in [0.4, 0.5) is 4.39 Å². The summed E-state index contributed by atoms with van der Waals surface area (Å²) in [5, 5.41) is 0. The molecule has 22 heavy (non-hydrogen) atoms. The predicted molar refractivity (Wildman–Crippen MR) is 82.4 cm³/mol. The second-order valence-electron chi connectivity index (χ2n) is 5.71. The average molecular weight is 301 g/mol. The van der Waals surface area contributed by atoms with Crippen LogP contribution in [0.1, 0.15) is 29.4 Å². The van der Waals surface area contributed by atoms with Crippen molar-refractivity contribution in [2.45, 2.75) is 25.8 Å². The van der Waals surface area contributed by atoms with Gasteiger partial charge in [-0.1, -0.05) is 12.1 Å². The van der Waals surface area contributed by atoms with Crippen LogP contribution in [0.2, 0.25) is 0 Å². The maximum absolute atomic E-state index is 14.2. The largest absolute Gasteiger partial charge is 0.494 e. The molecule has 2 heterocycles. The van der Waals surface area contributed by atoms with E-state index >= 15 is 0 Å². The van der Waals surface area contributed by atoms with Crippen molar-refractivity contribution in [1.82, 2.24) is 14.9 Å². The van der Waals surface area contributed by atoms with Gasteiger partial charge in [0.25, 0.3) is 0 Å². The van der Waals surface area contributed by atoms with E-state index < -0.39 is 0 Å². The third-order valence-corrected chi connectivity index (χ3v) is 4.11. The van der Waals surface area contributed by atoms with E-state index in [-0.39, 0.29) is 5.82 Å². The first-order valence-corrected chi connectivity index (χ1v) is 7.50. The first-order valence-electron chi connectivity index (χ1n) is 7.50. The summed E-state index contributed by atoms with van der Waals surface area (Å²) in [6.45, 7) is 4.35. The van der Waals surface area contributed by atoms with Gasteiger partial charge in [0.15, 0.2) is 11.6 Å². The fourth-order valence-corrected chi connectivity index (χ4v) is 2.93. The first-order chi connectivity index (χ1) is 10.7. The van der Waals surface area contributed by atoms with E-state index in [1.807, 2.05) is 31.3 Å². The number of benzene rings is 1. The highest BCUT2D eigenvalue weighted by Gasteiger charge is 2.26. The molecule has 3 rings (SSSR count). The molecule has 0 amide bonds. The SMILES string of the molecule is COc1cccc(CN2CCC(c3nccc(C)n3)C2)c1F. The van der Waals surface area contributed by atoms with Crippen LogP contribution >= 0.6 is 0 Å². The maximum atomic E-state index is 14.2. The van der Waals surface area contributed by atoms with Crippen molar-refractivity contribution >= 4 is 0 Å². The van der Waals surface area contributed by atoms with Crippen molar-refractivity contribution in [3.8, 4) is 5.75 Å². The second-order valence-corrected chi connectivity index (χ2v) is 5.71. The monoisotopic (exact) mass is 301 g/mol. The zero-order valence-corrected chi connectivity index (χ0v) is 12.9. The van der Waals surface area contributed by atoms with Gasteiger partial charge in [-0.2, -0.15) is 0 Å². The Balaban J connectivity index is 1.69. The molecule has 0 saturated carbocycles. The van der Waals surface area contributed by atoms with E-state index in [2.05, 4.69) is 14.9 Å². The Kier molecular flexibility index (Phi) is 4.34. The zero-order valence-electron chi connectivity index (χ0n) is 12.9. The molecule has 0 aliphatic carbocycles. The van der Waals surface area contributed by atoms with Crippen molar-refractivity contribution in [2.24, 2.45) is 0 Å². The zero-order chi connectivity index (χ0) is 15.5. The van der Waals surface area contributed by atoms with E-state index in [9.17, 15) is 4.39 Å². The molecule has 0 spiro atoms. The van der Waals surface area contributed by atoms with Gasteiger partial charge in [0.1, 0.15) is 5.82 Å². The number of halogens is 1. The van der Waals surface area contributed by atoms with E-state index in [1.165, 1.54) is 7.11 Å². The Morgan fingerprint density at radius 3 is 3.00 bits per heavy atom. The maximum Gasteiger partial charge on any atom is 0.169 e. The third kappa shape index (κ3) is 3.09. The first kappa shape index (κ1) is 14.9.